The van der Waals surface area contributed by atoms with Gasteiger partial charge in [0.2, 0.25) is 15.9 Å². The summed E-state index contributed by atoms with van der Waals surface area (Å²) < 4.78 is 27.5. The summed E-state index contributed by atoms with van der Waals surface area (Å²) in [7, 11) is -3.61. The van der Waals surface area contributed by atoms with Crippen LogP contribution in [-0.4, -0.2) is 14.3 Å². The van der Waals surface area contributed by atoms with E-state index in [1.807, 2.05) is 31.4 Å². The lowest BCUT2D eigenvalue weighted by molar-refractivity contribution is -0.117. The molecule has 0 bridgehead atoms. The third-order valence-electron chi connectivity index (χ3n) is 3.89. The molecule has 0 unspecified atom stereocenters. The van der Waals surface area contributed by atoms with E-state index in [-0.39, 0.29) is 29.2 Å². The lowest BCUT2D eigenvalue weighted by Gasteiger charge is -2.13. The van der Waals surface area contributed by atoms with Crippen molar-refractivity contribution in [2.45, 2.75) is 31.2 Å². The number of hydrogen-bond donors (Lipinski definition) is 2. The molecule has 0 saturated heterocycles. The number of nitrogens with one attached hydrogen (secondary N) is 2. The number of rotatable bonds is 5. The van der Waals surface area contributed by atoms with Crippen LogP contribution >= 0.6 is 11.3 Å². The molecule has 23 heavy (non-hydrogen) atoms. The van der Waals surface area contributed by atoms with E-state index in [1.165, 1.54) is 17.4 Å². The van der Waals surface area contributed by atoms with Gasteiger partial charge in [-0.3, -0.25) is 4.79 Å². The smallest absolute Gasteiger partial charge is 0.240 e. The van der Waals surface area contributed by atoms with Crippen LogP contribution in [0.3, 0.4) is 0 Å². The van der Waals surface area contributed by atoms with Gasteiger partial charge in [0.1, 0.15) is 0 Å². The van der Waals surface area contributed by atoms with Crippen molar-refractivity contribution in [2.24, 2.45) is 5.92 Å². The Bertz CT molecular complexity index is 827. The summed E-state index contributed by atoms with van der Waals surface area (Å²) in [6.45, 7) is 4.17. The van der Waals surface area contributed by atoms with E-state index in [2.05, 4.69) is 10.0 Å². The molecule has 2 heterocycles. The van der Waals surface area contributed by atoms with E-state index in [1.54, 1.807) is 12.1 Å². The summed E-state index contributed by atoms with van der Waals surface area (Å²) in [6.07, 6.45) is 0. The second-order valence-electron chi connectivity index (χ2n) is 5.86. The lowest BCUT2D eigenvalue weighted by Crippen LogP contribution is -2.23. The Balaban J connectivity index is 1.88. The van der Waals surface area contributed by atoms with Gasteiger partial charge in [-0.25, -0.2) is 13.1 Å². The van der Waals surface area contributed by atoms with E-state index in [0.29, 0.717) is 5.69 Å². The number of carbonyl (C=O) groups excluding carboxylic acids is 1. The van der Waals surface area contributed by atoms with Crippen molar-refractivity contribution < 1.29 is 13.2 Å². The standard InChI is InChI=1S/C16H18N2O3S2/c1-10(2)15-13-8-12(5-6-14(13)18-16(15)19)23(20,21)17-9-11-4-3-7-22-11/h3-8,10,15,17H,9H2,1-2H3,(H,18,19)/t15-/m0/s1. The predicted octanol–water partition coefficient (Wildman–Crippen LogP) is 2.92. The molecule has 1 aromatic carbocycles. The normalized spacial score (nSPS) is 17.3. The van der Waals surface area contributed by atoms with Gasteiger partial charge < -0.3 is 5.32 Å². The van der Waals surface area contributed by atoms with E-state index in [9.17, 15) is 13.2 Å². The highest BCUT2D eigenvalue weighted by molar-refractivity contribution is 7.89. The third kappa shape index (κ3) is 3.17. The summed E-state index contributed by atoms with van der Waals surface area (Å²) in [5.41, 5.74) is 1.45. The van der Waals surface area contributed by atoms with Gasteiger partial charge in [0.05, 0.1) is 10.8 Å². The van der Waals surface area contributed by atoms with Gasteiger partial charge >= 0.3 is 0 Å². The van der Waals surface area contributed by atoms with Crippen molar-refractivity contribution >= 4 is 33.0 Å². The van der Waals surface area contributed by atoms with Gasteiger partial charge in [-0.05, 0) is 41.1 Å². The maximum Gasteiger partial charge on any atom is 0.240 e. The zero-order valence-corrected chi connectivity index (χ0v) is 14.5. The molecule has 0 radical (unpaired) electrons. The fourth-order valence-electron chi connectivity index (χ4n) is 2.76. The second-order valence-corrected chi connectivity index (χ2v) is 8.66. The van der Waals surface area contributed by atoms with Crippen LogP contribution in [0.15, 0.2) is 40.6 Å². The Hall–Kier alpha value is -1.70. The highest BCUT2D eigenvalue weighted by Crippen LogP contribution is 2.38. The molecule has 1 aliphatic rings. The quantitative estimate of drug-likeness (QED) is 0.870. The van der Waals surface area contributed by atoms with Crippen LogP contribution in [0.25, 0.3) is 0 Å². The van der Waals surface area contributed by atoms with Crippen molar-refractivity contribution in [1.82, 2.24) is 4.72 Å². The van der Waals surface area contributed by atoms with Gasteiger partial charge in [-0.1, -0.05) is 19.9 Å². The largest absolute Gasteiger partial charge is 0.325 e. The molecule has 122 valence electrons. The number of benzene rings is 1. The number of carbonyl (C=O) groups is 1. The summed E-state index contributed by atoms with van der Waals surface area (Å²) in [4.78, 5) is 13.2. The number of fused-ring (bicyclic) bond motifs is 1. The molecule has 1 amide bonds. The molecule has 0 saturated carbocycles. The molecule has 0 spiro atoms. The number of anilines is 1. The Morgan fingerprint density at radius 2 is 2.09 bits per heavy atom. The summed E-state index contributed by atoms with van der Waals surface area (Å²) in [6, 6.07) is 8.56. The highest BCUT2D eigenvalue weighted by atomic mass is 32.2. The first-order valence-corrected chi connectivity index (χ1v) is 9.71. The molecular formula is C16H18N2O3S2. The van der Waals surface area contributed by atoms with Gasteiger partial charge in [0.25, 0.3) is 0 Å². The van der Waals surface area contributed by atoms with E-state index in [4.69, 9.17) is 0 Å². The van der Waals surface area contributed by atoms with Crippen LogP contribution < -0.4 is 10.0 Å². The van der Waals surface area contributed by atoms with E-state index >= 15 is 0 Å². The molecule has 2 N–H and O–H groups in total. The maximum atomic E-state index is 12.5. The van der Waals surface area contributed by atoms with Crippen LogP contribution in [0.4, 0.5) is 5.69 Å². The van der Waals surface area contributed by atoms with Crippen molar-refractivity contribution in [3.63, 3.8) is 0 Å². The number of sulfonamides is 1. The molecule has 0 aliphatic carbocycles. The molecule has 0 fully saturated rings. The molecule has 1 atom stereocenters. The van der Waals surface area contributed by atoms with Crippen LogP contribution in [0.1, 0.15) is 30.2 Å². The summed E-state index contributed by atoms with van der Waals surface area (Å²) in [5, 5.41) is 4.72. The fourth-order valence-corrected chi connectivity index (χ4v) is 4.53. The first-order valence-electron chi connectivity index (χ1n) is 7.35. The van der Waals surface area contributed by atoms with E-state index < -0.39 is 10.0 Å². The van der Waals surface area contributed by atoms with Gasteiger partial charge in [0.15, 0.2) is 0 Å². The zero-order valence-electron chi connectivity index (χ0n) is 12.9. The van der Waals surface area contributed by atoms with Crippen LogP contribution in [-0.2, 0) is 21.4 Å². The number of thiophene rings is 1. The molecule has 3 rings (SSSR count). The minimum absolute atomic E-state index is 0.0731. The van der Waals surface area contributed by atoms with Crippen LogP contribution in [0, 0.1) is 5.92 Å². The highest BCUT2D eigenvalue weighted by Gasteiger charge is 2.33. The molecule has 5 nitrogen and oxygen atoms in total. The molecule has 7 heteroatoms. The topological polar surface area (TPSA) is 75.3 Å². The van der Waals surface area contributed by atoms with Gasteiger partial charge in [-0.2, -0.15) is 0 Å². The SMILES string of the molecule is CC(C)[C@@H]1C(=O)Nc2ccc(S(=O)(=O)NCc3cccs3)cc21. The first kappa shape index (κ1) is 16.2. The molecule has 2 aromatic rings. The average Bonchev–Trinajstić information content (AvgIpc) is 3.10. The zero-order chi connectivity index (χ0) is 16.6. The fraction of sp³-hybridized carbons (Fsp3) is 0.312. The van der Waals surface area contributed by atoms with Crippen LogP contribution in [0.5, 0.6) is 0 Å². The summed E-state index contributed by atoms with van der Waals surface area (Å²) in [5.74, 6) is -0.276. The minimum atomic E-state index is -3.61. The summed E-state index contributed by atoms with van der Waals surface area (Å²) >= 11 is 1.50. The molecular weight excluding hydrogens is 332 g/mol. The maximum absolute atomic E-state index is 12.5. The monoisotopic (exact) mass is 350 g/mol. The van der Waals surface area contributed by atoms with Crippen molar-refractivity contribution in [2.75, 3.05) is 5.32 Å². The van der Waals surface area contributed by atoms with Crippen LogP contribution in [0.2, 0.25) is 0 Å². The Morgan fingerprint density at radius 3 is 2.74 bits per heavy atom. The Kier molecular flexibility index (Phi) is 4.27. The molecule has 1 aromatic heterocycles. The average molecular weight is 350 g/mol. The number of amides is 1. The van der Waals surface area contributed by atoms with Gasteiger partial charge in [0, 0.05) is 17.1 Å². The van der Waals surface area contributed by atoms with Crippen molar-refractivity contribution in [1.29, 1.82) is 0 Å². The molecule has 1 aliphatic heterocycles. The van der Waals surface area contributed by atoms with Crippen molar-refractivity contribution in [3.05, 3.63) is 46.2 Å². The second kappa shape index (κ2) is 6.07. The lowest BCUT2D eigenvalue weighted by atomic mass is 9.90. The predicted molar refractivity (Wildman–Crippen MR) is 91.0 cm³/mol. The van der Waals surface area contributed by atoms with Crippen molar-refractivity contribution in [3.8, 4) is 0 Å². The minimum Gasteiger partial charge on any atom is -0.325 e. The number of hydrogen-bond acceptors (Lipinski definition) is 4. The van der Waals surface area contributed by atoms with E-state index in [0.717, 1.165) is 10.4 Å². The van der Waals surface area contributed by atoms with Gasteiger partial charge in [-0.15, -0.1) is 11.3 Å². The first-order chi connectivity index (χ1) is 10.9. The Labute approximate surface area is 139 Å². The third-order valence-corrected chi connectivity index (χ3v) is 6.17. The Morgan fingerprint density at radius 1 is 1.30 bits per heavy atom.